The van der Waals surface area contributed by atoms with E-state index in [1.54, 1.807) is 23.9 Å². The van der Waals surface area contributed by atoms with E-state index in [0.717, 1.165) is 25.8 Å². The van der Waals surface area contributed by atoms with Crippen LogP contribution < -0.4 is 5.32 Å². The van der Waals surface area contributed by atoms with Gasteiger partial charge in [-0.25, -0.2) is 4.79 Å². The molecular weight excluding hydrogens is 322 g/mol. The number of carbonyl (C=O) groups excluding carboxylic acids is 2. The summed E-state index contributed by atoms with van der Waals surface area (Å²) >= 11 is 1.84. The molecule has 5 nitrogen and oxygen atoms in total. The van der Waals surface area contributed by atoms with Gasteiger partial charge >= 0.3 is 6.03 Å². The SMILES string of the molecule is CN(C)C(=O)N1CCCC(C(=O)NCc2csc3c2CCCC3)C1. The van der Waals surface area contributed by atoms with Gasteiger partial charge in [0.15, 0.2) is 0 Å². The summed E-state index contributed by atoms with van der Waals surface area (Å²) in [5.41, 5.74) is 2.76. The van der Waals surface area contributed by atoms with Crippen LogP contribution in [0.25, 0.3) is 0 Å². The lowest BCUT2D eigenvalue weighted by Crippen LogP contribution is -2.48. The number of fused-ring (bicyclic) bond motifs is 1. The number of thiophene rings is 1. The quantitative estimate of drug-likeness (QED) is 0.912. The highest BCUT2D eigenvalue weighted by molar-refractivity contribution is 7.10. The minimum Gasteiger partial charge on any atom is -0.352 e. The molecule has 1 atom stereocenters. The molecule has 1 aromatic rings. The fourth-order valence-corrected chi connectivity index (χ4v) is 4.83. The highest BCUT2D eigenvalue weighted by Crippen LogP contribution is 2.30. The van der Waals surface area contributed by atoms with Crippen LogP contribution in [0.4, 0.5) is 4.79 Å². The molecular formula is C18H27N3O2S. The number of hydrogen-bond donors (Lipinski definition) is 1. The van der Waals surface area contributed by atoms with E-state index in [0.29, 0.717) is 13.1 Å². The predicted octanol–water partition coefficient (Wildman–Crippen LogP) is 2.64. The zero-order chi connectivity index (χ0) is 17.1. The summed E-state index contributed by atoms with van der Waals surface area (Å²) in [6.45, 7) is 1.91. The number of rotatable bonds is 3. The van der Waals surface area contributed by atoms with Gasteiger partial charge in [0.25, 0.3) is 0 Å². The first-order valence-electron chi connectivity index (χ1n) is 8.88. The van der Waals surface area contributed by atoms with Gasteiger partial charge in [-0.3, -0.25) is 4.79 Å². The Labute approximate surface area is 148 Å². The summed E-state index contributed by atoms with van der Waals surface area (Å²) in [5, 5.41) is 5.32. The number of urea groups is 1. The largest absolute Gasteiger partial charge is 0.352 e. The molecule has 2 aliphatic rings. The van der Waals surface area contributed by atoms with Gasteiger partial charge in [0.05, 0.1) is 5.92 Å². The number of nitrogens with one attached hydrogen (secondary N) is 1. The van der Waals surface area contributed by atoms with Crippen molar-refractivity contribution >= 4 is 23.3 Å². The fraction of sp³-hybridized carbons (Fsp3) is 0.667. The second-order valence-electron chi connectivity index (χ2n) is 7.05. The van der Waals surface area contributed by atoms with Gasteiger partial charge in [0.2, 0.25) is 5.91 Å². The number of carbonyl (C=O) groups is 2. The molecule has 0 bridgehead atoms. The molecule has 1 fully saturated rings. The maximum atomic E-state index is 12.5. The molecule has 132 valence electrons. The van der Waals surface area contributed by atoms with Crippen molar-refractivity contribution in [2.45, 2.75) is 45.1 Å². The normalized spacial score (nSPS) is 20.4. The molecule has 0 spiro atoms. The molecule has 1 saturated heterocycles. The van der Waals surface area contributed by atoms with Crippen LogP contribution in [0, 0.1) is 5.92 Å². The Kier molecular flexibility index (Phi) is 5.43. The Balaban J connectivity index is 1.55. The van der Waals surface area contributed by atoms with Gasteiger partial charge in [-0.1, -0.05) is 0 Å². The monoisotopic (exact) mass is 349 g/mol. The molecule has 0 saturated carbocycles. The zero-order valence-electron chi connectivity index (χ0n) is 14.6. The van der Waals surface area contributed by atoms with Crippen molar-refractivity contribution in [1.29, 1.82) is 0 Å². The molecule has 0 aromatic carbocycles. The van der Waals surface area contributed by atoms with Crippen LogP contribution >= 0.6 is 11.3 Å². The van der Waals surface area contributed by atoms with Gasteiger partial charge in [0.1, 0.15) is 0 Å². The van der Waals surface area contributed by atoms with E-state index in [-0.39, 0.29) is 17.9 Å². The number of aryl methyl sites for hydroxylation is 1. The average molecular weight is 350 g/mol. The molecule has 0 radical (unpaired) electrons. The van der Waals surface area contributed by atoms with Crippen molar-refractivity contribution in [2.24, 2.45) is 5.92 Å². The first-order valence-corrected chi connectivity index (χ1v) is 9.76. The Morgan fingerprint density at radius 2 is 2.08 bits per heavy atom. The molecule has 2 heterocycles. The molecule has 1 aliphatic heterocycles. The van der Waals surface area contributed by atoms with Crippen molar-refractivity contribution in [2.75, 3.05) is 27.2 Å². The summed E-state index contributed by atoms with van der Waals surface area (Å²) < 4.78 is 0. The Morgan fingerprint density at radius 1 is 1.29 bits per heavy atom. The lowest BCUT2D eigenvalue weighted by atomic mass is 9.95. The van der Waals surface area contributed by atoms with Crippen LogP contribution in [0.5, 0.6) is 0 Å². The fourth-order valence-electron chi connectivity index (χ4n) is 3.68. The average Bonchev–Trinajstić information content (AvgIpc) is 3.02. The molecule has 1 aliphatic carbocycles. The summed E-state index contributed by atoms with van der Waals surface area (Å²) in [7, 11) is 3.51. The van der Waals surface area contributed by atoms with E-state index < -0.39 is 0 Å². The van der Waals surface area contributed by atoms with Gasteiger partial charge < -0.3 is 15.1 Å². The minimum atomic E-state index is -0.0860. The van der Waals surface area contributed by atoms with E-state index in [1.807, 2.05) is 11.3 Å². The van der Waals surface area contributed by atoms with E-state index in [1.165, 1.54) is 35.3 Å². The molecule has 24 heavy (non-hydrogen) atoms. The summed E-state index contributed by atoms with van der Waals surface area (Å²) in [4.78, 5) is 29.5. The van der Waals surface area contributed by atoms with Crippen LogP contribution in [0.2, 0.25) is 0 Å². The third kappa shape index (κ3) is 3.74. The lowest BCUT2D eigenvalue weighted by molar-refractivity contribution is -0.126. The highest BCUT2D eigenvalue weighted by Gasteiger charge is 2.29. The predicted molar refractivity (Wildman–Crippen MR) is 96.2 cm³/mol. The number of piperidine rings is 1. The second kappa shape index (κ2) is 7.55. The topological polar surface area (TPSA) is 52.7 Å². The van der Waals surface area contributed by atoms with Gasteiger partial charge in [0, 0.05) is 38.6 Å². The lowest BCUT2D eigenvalue weighted by Gasteiger charge is -2.33. The van der Waals surface area contributed by atoms with Crippen molar-refractivity contribution in [3.05, 3.63) is 21.4 Å². The maximum absolute atomic E-state index is 12.5. The van der Waals surface area contributed by atoms with E-state index in [2.05, 4.69) is 10.7 Å². The Morgan fingerprint density at radius 3 is 2.88 bits per heavy atom. The standard InChI is InChI=1S/C18H27N3O2S/c1-20(2)18(23)21-9-5-6-13(11-21)17(22)19-10-14-12-24-16-8-4-3-7-15(14)16/h12-13H,3-11H2,1-2H3,(H,19,22). The first kappa shape index (κ1) is 17.3. The van der Waals surface area contributed by atoms with Crippen LogP contribution in [0.15, 0.2) is 5.38 Å². The van der Waals surface area contributed by atoms with Crippen molar-refractivity contribution < 1.29 is 9.59 Å². The third-order valence-electron chi connectivity index (χ3n) is 5.05. The highest BCUT2D eigenvalue weighted by atomic mass is 32.1. The van der Waals surface area contributed by atoms with Crippen molar-refractivity contribution in [3.63, 3.8) is 0 Å². The van der Waals surface area contributed by atoms with Crippen LogP contribution in [0.3, 0.4) is 0 Å². The second-order valence-corrected chi connectivity index (χ2v) is 8.01. The molecule has 1 aromatic heterocycles. The smallest absolute Gasteiger partial charge is 0.319 e. The van der Waals surface area contributed by atoms with Crippen LogP contribution in [-0.2, 0) is 24.2 Å². The maximum Gasteiger partial charge on any atom is 0.319 e. The number of likely N-dealkylation sites (tertiary alicyclic amines) is 1. The van der Waals surface area contributed by atoms with Gasteiger partial charge in [-0.2, -0.15) is 0 Å². The van der Waals surface area contributed by atoms with E-state index in [4.69, 9.17) is 0 Å². The summed E-state index contributed by atoms with van der Waals surface area (Å²) in [6.07, 6.45) is 6.65. The summed E-state index contributed by atoms with van der Waals surface area (Å²) in [6, 6.07) is -0.000552. The third-order valence-corrected chi connectivity index (χ3v) is 6.18. The zero-order valence-corrected chi connectivity index (χ0v) is 15.5. The molecule has 6 heteroatoms. The number of amides is 3. The van der Waals surface area contributed by atoms with Crippen molar-refractivity contribution in [1.82, 2.24) is 15.1 Å². The summed E-state index contributed by atoms with van der Waals surface area (Å²) in [5.74, 6) is -0.000808. The van der Waals surface area contributed by atoms with E-state index >= 15 is 0 Å². The van der Waals surface area contributed by atoms with Crippen molar-refractivity contribution in [3.8, 4) is 0 Å². The molecule has 1 N–H and O–H groups in total. The molecule has 3 rings (SSSR count). The van der Waals surface area contributed by atoms with Crippen LogP contribution in [-0.4, -0.2) is 48.9 Å². The number of nitrogens with zero attached hydrogens (tertiary/aromatic N) is 2. The molecule has 3 amide bonds. The van der Waals surface area contributed by atoms with Gasteiger partial charge in [-0.05, 0) is 55.0 Å². The Hall–Kier alpha value is -1.56. The Bertz CT molecular complexity index is 611. The van der Waals surface area contributed by atoms with Crippen LogP contribution in [0.1, 0.15) is 41.7 Å². The van der Waals surface area contributed by atoms with E-state index in [9.17, 15) is 9.59 Å². The van der Waals surface area contributed by atoms with Gasteiger partial charge in [-0.15, -0.1) is 11.3 Å². The minimum absolute atomic E-state index is 0.000552. The number of hydrogen-bond acceptors (Lipinski definition) is 3. The first-order chi connectivity index (χ1) is 11.6. The molecule has 1 unspecified atom stereocenters.